The van der Waals surface area contributed by atoms with E-state index < -0.39 is 0 Å². The first-order valence-electron chi connectivity index (χ1n) is 7.79. The van der Waals surface area contributed by atoms with E-state index in [1.54, 1.807) is 0 Å². The number of piperazine rings is 1. The molecule has 3 nitrogen and oxygen atoms in total. The number of aromatic nitrogens is 1. The van der Waals surface area contributed by atoms with Gasteiger partial charge in [0, 0.05) is 43.8 Å². The van der Waals surface area contributed by atoms with Crippen LogP contribution in [0.5, 0.6) is 0 Å². The van der Waals surface area contributed by atoms with Crippen molar-refractivity contribution in [2.45, 2.75) is 18.9 Å². The number of halogens is 2. The van der Waals surface area contributed by atoms with Crippen molar-refractivity contribution >= 4 is 35.7 Å². The third-order valence-electron chi connectivity index (χ3n) is 4.28. The number of hydrogen-bond acceptors (Lipinski definition) is 3. The fourth-order valence-corrected chi connectivity index (χ4v) is 3.21. The Hall–Kier alpha value is -1.13. The molecule has 0 unspecified atom stereocenters. The Labute approximate surface area is 151 Å². The second-order valence-corrected chi connectivity index (χ2v) is 5.59. The molecular formula is C18H25Cl2N3. The Morgan fingerprint density at radius 1 is 1.17 bits per heavy atom. The first-order chi connectivity index (χ1) is 10.4. The number of nitrogens with one attached hydrogen (secondary N) is 1. The second-order valence-electron chi connectivity index (χ2n) is 5.59. The van der Waals surface area contributed by atoms with Crippen LogP contribution in [0.15, 0.2) is 49.2 Å². The Bertz CT molecular complexity index is 607. The molecule has 0 saturated carbocycles. The molecule has 1 aromatic carbocycles. The largest absolute Gasteiger partial charge is 0.314 e. The number of para-hydroxylation sites is 1. The topological polar surface area (TPSA) is 28.2 Å². The van der Waals surface area contributed by atoms with E-state index in [1.807, 2.05) is 12.3 Å². The molecule has 23 heavy (non-hydrogen) atoms. The van der Waals surface area contributed by atoms with E-state index in [1.165, 1.54) is 10.9 Å². The zero-order valence-corrected chi connectivity index (χ0v) is 14.9. The van der Waals surface area contributed by atoms with Crippen LogP contribution in [0.3, 0.4) is 0 Å². The van der Waals surface area contributed by atoms with Crippen LogP contribution in [0, 0.1) is 0 Å². The maximum Gasteiger partial charge on any atom is 0.0705 e. The molecule has 0 aliphatic carbocycles. The predicted octanol–water partition coefficient (Wildman–Crippen LogP) is 3.99. The van der Waals surface area contributed by atoms with Gasteiger partial charge in [0.2, 0.25) is 0 Å². The van der Waals surface area contributed by atoms with Crippen LogP contribution in [0.25, 0.3) is 10.9 Å². The molecule has 1 aromatic heterocycles. The van der Waals surface area contributed by atoms with E-state index in [9.17, 15) is 0 Å². The zero-order valence-electron chi connectivity index (χ0n) is 13.3. The highest BCUT2D eigenvalue weighted by molar-refractivity contribution is 5.85. The third-order valence-corrected chi connectivity index (χ3v) is 4.28. The highest BCUT2D eigenvalue weighted by Gasteiger charge is 2.23. The number of fused-ring (bicyclic) bond motifs is 1. The maximum absolute atomic E-state index is 4.50. The summed E-state index contributed by atoms with van der Waals surface area (Å²) in [5.41, 5.74) is 2.50. The number of allylic oxidation sites excluding steroid dienone is 1. The number of benzene rings is 1. The molecule has 0 radical (unpaired) electrons. The van der Waals surface area contributed by atoms with Crippen molar-refractivity contribution in [1.82, 2.24) is 15.2 Å². The lowest BCUT2D eigenvalue weighted by Gasteiger charge is -2.35. The lowest BCUT2D eigenvalue weighted by atomic mass is 9.96. The van der Waals surface area contributed by atoms with Crippen molar-refractivity contribution < 1.29 is 0 Å². The van der Waals surface area contributed by atoms with Crippen LogP contribution in [0.1, 0.15) is 24.4 Å². The summed E-state index contributed by atoms with van der Waals surface area (Å²) in [6.07, 6.45) is 6.14. The quantitative estimate of drug-likeness (QED) is 0.823. The minimum atomic E-state index is 0. The summed E-state index contributed by atoms with van der Waals surface area (Å²) in [6, 6.07) is 11.1. The van der Waals surface area contributed by atoms with Gasteiger partial charge in [0.25, 0.3) is 0 Å². The molecule has 1 aliphatic rings. The lowest BCUT2D eigenvalue weighted by Crippen LogP contribution is -2.45. The standard InChI is InChI=1S/C18H23N3.2ClH/c1-2-3-8-18(21-13-11-19-12-14-21)16-9-10-20-17-7-5-4-6-15(16)17;;/h2,4-7,9-10,18-19H,1,3,8,11-14H2;2*1H/t18-;;/m0../s1. The molecule has 2 aromatic rings. The van der Waals surface area contributed by atoms with Crippen LogP contribution in [0.2, 0.25) is 0 Å². The highest BCUT2D eigenvalue weighted by Crippen LogP contribution is 2.31. The predicted molar refractivity (Wildman–Crippen MR) is 103 cm³/mol. The van der Waals surface area contributed by atoms with Gasteiger partial charge in [-0.1, -0.05) is 24.3 Å². The number of rotatable bonds is 5. The second kappa shape index (κ2) is 9.89. The fourth-order valence-electron chi connectivity index (χ4n) is 3.21. The summed E-state index contributed by atoms with van der Waals surface area (Å²) in [6.45, 7) is 8.26. The summed E-state index contributed by atoms with van der Waals surface area (Å²) in [5, 5.41) is 4.72. The van der Waals surface area contributed by atoms with E-state index >= 15 is 0 Å². The van der Waals surface area contributed by atoms with E-state index in [0.29, 0.717) is 6.04 Å². The van der Waals surface area contributed by atoms with E-state index in [-0.39, 0.29) is 24.8 Å². The maximum atomic E-state index is 4.50. The molecule has 1 saturated heterocycles. The molecule has 0 amide bonds. The van der Waals surface area contributed by atoms with Gasteiger partial charge in [-0.2, -0.15) is 0 Å². The number of hydrogen-bond donors (Lipinski definition) is 1. The van der Waals surface area contributed by atoms with Crippen molar-refractivity contribution in [3.05, 3.63) is 54.7 Å². The summed E-state index contributed by atoms with van der Waals surface area (Å²) >= 11 is 0. The highest BCUT2D eigenvalue weighted by atomic mass is 35.5. The van der Waals surface area contributed by atoms with Gasteiger partial charge in [-0.05, 0) is 30.5 Å². The van der Waals surface area contributed by atoms with Gasteiger partial charge in [0.15, 0.2) is 0 Å². The van der Waals surface area contributed by atoms with Gasteiger partial charge in [-0.15, -0.1) is 31.4 Å². The van der Waals surface area contributed by atoms with Crippen molar-refractivity contribution in [2.24, 2.45) is 0 Å². The Morgan fingerprint density at radius 3 is 2.65 bits per heavy atom. The molecule has 1 N–H and O–H groups in total. The van der Waals surface area contributed by atoms with Crippen molar-refractivity contribution in [3.63, 3.8) is 0 Å². The van der Waals surface area contributed by atoms with E-state index in [2.05, 4.69) is 52.1 Å². The summed E-state index contributed by atoms with van der Waals surface area (Å²) in [5.74, 6) is 0. The molecule has 2 heterocycles. The molecule has 1 aliphatic heterocycles. The summed E-state index contributed by atoms with van der Waals surface area (Å²) in [7, 11) is 0. The number of nitrogens with zero attached hydrogens (tertiary/aromatic N) is 2. The van der Waals surface area contributed by atoms with Crippen LogP contribution >= 0.6 is 24.8 Å². The molecule has 126 valence electrons. The van der Waals surface area contributed by atoms with E-state index in [4.69, 9.17) is 0 Å². The average molecular weight is 354 g/mol. The van der Waals surface area contributed by atoms with Gasteiger partial charge in [-0.25, -0.2) is 0 Å². The molecule has 1 atom stereocenters. The molecule has 1 fully saturated rings. The first kappa shape index (κ1) is 19.9. The first-order valence-corrected chi connectivity index (χ1v) is 7.79. The lowest BCUT2D eigenvalue weighted by molar-refractivity contribution is 0.167. The van der Waals surface area contributed by atoms with Gasteiger partial charge >= 0.3 is 0 Å². The third kappa shape index (κ3) is 4.67. The molecule has 0 spiro atoms. The Kier molecular flexibility index (Phi) is 8.56. The molecular weight excluding hydrogens is 329 g/mol. The van der Waals surface area contributed by atoms with Crippen molar-refractivity contribution in [2.75, 3.05) is 26.2 Å². The van der Waals surface area contributed by atoms with E-state index in [0.717, 1.165) is 44.5 Å². The van der Waals surface area contributed by atoms with Crippen LogP contribution < -0.4 is 5.32 Å². The van der Waals surface area contributed by atoms with Crippen LogP contribution in [-0.2, 0) is 0 Å². The minimum absolute atomic E-state index is 0. The SMILES string of the molecule is C=CCC[C@@H](c1ccnc2ccccc12)N1CCNCC1.Cl.Cl. The normalized spacial score (nSPS) is 16.2. The Morgan fingerprint density at radius 2 is 1.91 bits per heavy atom. The fraction of sp³-hybridized carbons (Fsp3) is 0.389. The minimum Gasteiger partial charge on any atom is -0.314 e. The van der Waals surface area contributed by atoms with Crippen molar-refractivity contribution in [1.29, 1.82) is 0 Å². The zero-order chi connectivity index (χ0) is 14.5. The monoisotopic (exact) mass is 353 g/mol. The smallest absolute Gasteiger partial charge is 0.0705 e. The van der Waals surface area contributed by atoms with Gasteiger partial charge in [0.05, 0.1) is 5.52 Å². The summed E-state index contributed by atoms with van der Waals surface area (Å²) < 4.78 is 0. The number of pyridine rings is 1. The average Bonchev–Trinajstić information content (AvgIpc) is 2.56. The van der Waals surface area contributed by atoms with Gasteiger partial charge < -0.3 is 5.32 Å². The van der Waals surface area contributed by atoms with Gasteiger partial charge in [0.1, 0.15) is 0 Å². The molecule has 0 bridgehead atoms. The van der Waals surface area contributed by atoms with Gasteiger partial charge in [-0.3, -0.25) is 9.88 Å². The van der Waals surface area contributed by atoms with Crippen molar-refractivity contribution in [3.8, 4) is 0 Å². The summed E-state index contributed by atoms with van der Waals surface area (Å²) in [4.78, 5) is 7.10. The Balaban J connectivity index is 0.00000132. The van der Waals surface area contributed by atoms with Crippen LogP contribution in [-0.4, -0.2) is 36.1 Å². The van der Waals surface area contributed by atoms with Crippen LogP contribution in [0.4, 0.5) is 0 Å². The molecule has 3 rings (SSSR count). The molecule has 5 heteroatoms.